The number of carbonyl (C=O) groups is 2. The van der Waals surface area contributed by atoms with Gasteiger partial charge in [0.1, 0.15) is 5.82 Å². The summed E-state index contributed by atoms with van der Waals surface area (Å²) in [6.45, 7) is 3.10. The molecular formula is C18H23ClFN3O2. The number of hydrogen-bond donors (Lipinski definition) is 1. The summed E-state index contributed by atoms with van der Waals surface area (Å²) in [4.78, 5) is 27.6. The highest BCUT2D eigenvalue weighted by Crippen LogP contribution is 2.25. The van der Waals surface area contributed by atoms with E-state index in [9.17, 15) is 14.0 Å². The van der Waals surface area contributed by atoms with Crippen LogP contribution < -0.4 is 5.73 Å². The molecule has 0 saturated carbocycles. The molecule has 0 atom stereocenters. The van der Waals surface area contributed by atoms with Gasteiger partial charge in [-0.3, -0.25) is 14.5 Å². The van der Waals surface area contributed by atoms with Crippen molar-refractivity contribution in [3.63, 3.8) is 0 Å². The molecule has 0 spiro atoms. The van der Waals surface area contributed by atoms with Crippen LogP contribution in [0.15, 0.2) is 18.2 Å². The molecule has 2 aliphatic heterocycles. The van der Waals surface area contributed by atoms with Gasteiger partial charge in [0.25, 0.3) is 0 Å². The van der Waals surface area contributed by atoms with Gasteiger partial charge in [-0.15, -0.1) is 0 Å². The van der Waals surface area contributed by atoms with E-state index in [0.717, 1.165) is 25.9 Å². The van der Waals surface area contributed by atoms with Crippen molar-refractivity contribution < 1.29 is 14.0 Å². The Balaban J connectivity index is 1.42. The van der Waals surface area contributed by atoms with Gasteiger partial charge in [-0.05, 0) is 44.5 Å². The highest BCUT2D eigenvalue weighted by atomic mass is 35.5. The summed E-state index contributed by atoms with van der Waals surface area (Å²) in [5.74, 6) is -0.557. The normalized spacial score (nSPS) is 19.7. The number of halogens is 2. The molecule has 2 aliphatic rings. The maximum absolute atomic E-state index is 13.7. The van der Waals surface area contributed by atoms with Crippen molar-refractivity contribution in [1.82, 2.24) is 9.80 Å². The maximum Gasteiger partial charge on any atom is 0.223 e. The molecule has 2 fully saturated rings. The quantitative estimate of drug-likeness (QED) is 0.863. The molecule has 0 aliphatic carbocycles. The van der Waals surface area contributed by atoms with Gasteiger partial charge in [0.05, 0.1) is 0 Å². The van der Waals surface area contributed by atoms with E-state index in [0.29, 0.717) is 36.1 Å². The SMILES string of the molecule is NC(=O)C1CCN(C2CN(C(=O)CCc3c(F)cccc3Cl)C2)CC1. The monoisotopic (exact) mass is 367 g/mol. The predicted molar refractivity (Wildman–Crippen MR) is 93.6 cm³/mol. The molecular weight excluding hydrogens is 345 g/mol. The minimum Gasteiger partial charge on any atom is -0.369 e. The molecule has 7 heteroatoms. The van der Waals surface area contributed by atoms with Crippen LogP contribution in [0.1, 0.15) is 24.8 Å². The van der Waals surface area contributed by atoms with Gasteiger partial charge in [0.2, 0.25) is 11.8 Å². The summed E-state index contributed by atoms with van der Waals surface area (Å²) in [5.41, 5.74) is 5.76. The number of hydrogen-bond acceptors (Lipinski definition) is 3. The van der Waals surface area contributed by atoms with Crippen molar-refractivity contribution in [2.24, 2.45) is 11.7 Å². The van der Waals surface area contributed by atoms with Crippen LogP contribution in [0.5, 0.6) is 0 Å². The molecule has 2 amide bonds. The Labute approximate surface area is 151 Å². The summed E-state index contributed by atoms with van der Waals surface area (Å²) < 4.78 is 13.7. The first-order valence-electron chi connectivity index (χ1n) is 8.69. The fourth-order valence-electron chi connectivity index (χ4n) is 3.60. The molecule has 1 aromatic rings. The van der Waals surface area contributed by atoms with Gasteiger partial charge in [-0.25, -0.2) is 4.39 Å². The molecule has 0 radical (unpaired) electrons. The van der Waals surface area contributed by atoms with Gasteiger partial charge in [-0.1, -0.05) is 17.7 Å². The molecule has 136 valence electrons. The lowest BCUT2D eigenvalue weighted by Crippen LogP contribution is -2.62. The number of primary amides is 1. The number of benzene rings is 1. The van der Waals surface area contributed by atoms with Crippen LogP contribution in [0, 0.1) is 11.7 Å². The largest absolute Gasteiger partial charge is 0.369 e. The number of piperidine rings is 1. The zero-order chi connectivity index (χ0) is 18.0. The Bertz CT molecular complexity index is 635. The number of likely N-dealkylation sites (tertiary alicyclic amines) is 2. The second-order valence-corrected chi connectivity index (χ2v) is 7.27. The third kappa shape index (κ3) is 4.12. The summed E-state index contributed by atoms with van der Waals surface area (Å²) in [5, 5.41) is 0.367. The molecule has 0 aromatic heterocycles. The van der Waals surface area contributed by atoms with Gasteiger partial charge in [0.15, 0.2) is 0 Å². The summed E-state index contributed by atoms with van der Waals surface area (Å²) >= 11 is 5.99. The molecule has 1 aromatic carbocycles. The van der Waals surface area contributed by atoms with E-state index in [4.69, 9.17) is 17.3 Å². The first-order valence-corrected chi connectivity index (χ1v) is 9.07. The Morgan fingerprint density at radius 1 is 1.24 bits per heavy atom. The number of carbonyl (C=O) groups excluding carboxylic acids is 2. The van der Waals surface area contributed by atoms with Crippen LogP contribution in [0.4, 0.5) is 4.39 Å². The van der Waals surface area contributed by atoms with Crippen LogP contribution in [0.25, 0.3) is 0 Å². The lowest BCUT2D eigenvalue weighted by molar-refractivity contribution is -0.139. The Kier molecular flexibility index (Phi) is 5.59. The van der Waals surface area contributed by atoms with Crippen molar-refractivity contribution in [2.75, 3.05) is 26.2 Å². The predicted octanol–water partition coefficient (Wildman–Crippen LogP) is 1.82. The standard InChI is InChI=1S/C18H23ClFN3O2/c19-15-2-1-3-16(20)14(15)4-5-17(24)23-10-13(11-23)22-8-6-12(7-9-22)18(21)25/h1-3,12-13H,4-11H2,(H2,21,25). The van der Waals surface area contributed by atoms with Crippen molar-refractivity contribution in [3.8, 4) is 0 Å². The fourth-order valence-corrected chi connectivity index (χ4v) is 3.86. The Morgan fingerprint density at radius 3 is 2.52 bits per heavy atom. The van der Waals surface area contributed by atoms with Crippen molar-refractivity contribution >= 4 is 23.4 Å². The van der Waals surface area contributed by atoms with Crippen LogP contribution in [-0.2, 0) is 16.0 Å². The van der Waals surface area contributed by atoms with Gasteiger partial charge in [0, 0.05) is 42.1 Å². The minimum atomic E-state index is -0.362. The van der Waals surface area contributed by atoms with E-state index in [1.165, 1.54) is 6.07 Å². The smallest absolute Gasteiger partial charge is 0.223 e. The lowest BCUT2D eigenvalue weighted by Gasteiger charge is -2.47. The molecule has 2 N–H and O–H groups in total. The van der Waals surface area contributed by atoms with Crippen molar-refractivity contribution in [3.05, 3.63) is 34.6 Å². The van der Waals surface area contributed by atoms with E-state index in [1.54, 1.807) is 17.0 Å². The average Bonchev–Trinajstić information content (AvgIpc) is 2.53. The zero-order valence-corrected chi connectivity index (χ0v) is 14.8. The van der Waals surface area contributed by atoms with E-state index < -0.39 is 0 Å². The summed E-state index contributed by atoms with van der Waals surface area (Å²) in [6, 6.07) is 4.92. The number of amides is 2. The highest BCUT2D eigenvalue weighted by Gasteiger charge is 2.36. The molecule has 2 saturated heterocycles. The molecule has 0 unspecified atom stereocenters. The highest BCUT2D eigenvalue weighted by molar-refractivity contribution is 6.31. The van der Waals surface area contributed by atoms with E-state index in [1.807, 2.05) is 0 Å². The van der Waals surface area contributed by atoms with Crippen molar-refractivity contribution in [2.45, 2.75) is 31.7 Å². The van der Waals surface area contributed by atoms with E-state index >= 15 is 0 Å². The first kappa shape index (κ1) is 18.1. The molecule has 0 bridgehead atoms. The number of nitrogens with two attached hydrogens (primary N) is 1. The Morgan fingerprint density at radius 2 is 1.92 bits per heavy atom. The van der Waals surface area contributed by atoms with Crippen LogP contribution in [0.3, 0.4) is 0 Å². The van der Waals surface area contributed by atoms with Crippen LogP contribution >= 0.6 is 11.6 Å². The third-order valence-corrected chi connectivity index (χ3v) is 5.67. The number of rotatable bonds is 5. The van der Waals surface area contributed by atoms with Gasteiger partial charge >= 0.3 is 0 Å². The second kappa shape index (κ2) is 7.70. The molecule has 3 rings (SSSR count). The minimum absolute atomic E-state index is 0.0143. The second-order valence-electron chi connectivity index (χ2n) is 6.87. The van der Waals surface area contributed by atoms with Crippen LogP contribution in [-0.4, -0.2) is 53.8 Å². The fraction of sp³-hybridized carbons (Fsp3) is 0.556. The lowest BCUT2D eigenvalue weighted by atomic mass is 9.93. The zero-order valence-electron chi connectivity index (χ0n) is 14.1. The summed E-state index contributed by atoms with van der Waals surface area (Å²) in [7, 11) is 0. The third-order valence-electron chi connectivity index (χ3n) is 5.31. The molecule has 5 nitrogen and oxygen atoms in total. The van der Waals surface area contributed by atoms with Crippen LogP contribution in [0.2, 0.25) is 5.02 Å². The average molecular weight is 368 g/mol. The van der Waals surface area contributed by atoms with Crippen molar-refractivity contribution in [1.29, 1.82) is 0 Å². The summed E-state index contributed by atoms with van der Waals surface area (Å²) in [6.07, 6.45) is 2.17. The molecule has 25 heavy (non-hydrogen) atoms. The maximum atomic E-state index is 13.7. The van der Waals surface area contributed by atoms with Gasteiger partial charge < -0.3 is 10.6 Å². The first-order chi connectivity index (χ1) is 12.0. The Hall–Kier alpha value is -1.66. The van der Waals surface area contributed by atoms with E-state index in [-0.39, 0.29) is 30.0 Å². The van der Waals surface area contributed by atoms with Gasteiger partial charge in [-0.2, -0.15) is 0 Å². The molecule has 2 heterocycles. The number of nitrogens with zero attached hydrogens (tertiary/aromatic N) is 2. The topological polar surface area (TPSA) is 66.6 Å². The van der Waals surface area contributed by atoms with E-state index in [2.05, 4.69) is 4.90 Å².